The van der Waals surface area contributed by atoms with Crippen molar-refractivity contribution in [2.24, 2.45) is 5.41 Å². The summed E-state index contributed by atoms with van der Waals surface area (Å²) in [6, 6.07) is 6.32. The summed E-state index contributed by atoms with van der Waals surface area (Å²) >= 11 is 3.62. The van der Waals surface area contributed by atoms with Gasteiger partial charge in [0, 0.05) is 16.4 Å². The third kappa shape index (κ3) is 2.77. The van der Waals surface area contributed by atoms with Gasteiger partial charge in [0.05, 0.1) is 5.69 Å². The minimum atomic E-state index is -0.465. The highest BCUT2D eigenvalue weighted by atomic mass is 79.9. The molecular weight excluding hydrogens is 366 g/mol. The van der Waals surface area contributed by atoms with Crippen LogP contribution in [0, 0.1) is 5.41 Å². The van der Waals surface area contributed by atoms with E-state index in [1.54, 1.807) is 0 Å². The lowest BCUT2D eigenvalue weighted by atomic mass is 9.66. The van der Waals surface area contributed by atoms with Gasteiger partial charge in [0.2, 0.25) is 0 Å². The number of hydrogen-bond donors (Lipinski definition) is 0. The molecule has 1 heterocycles. The Bertz CT molecular complexity index is 677. The molecule has 3 nitrogen and oxygen atoms in total. The molecule has 0 aromatic heterocycles. The van der Waals surface area contributed by atoms with Crippen LogP contribution >= 0.6 is 15.9 Å². The van der Waals surface area contributed by atoms with Crippen molar-refractivity contribution in [3.8, 4) is 0 Å². The first-order valence-electron chi connectivity index (χ1n) is 9.03. The fraction of sp³-hybridized carbons (Fsp3) is 0.650. The van der Waals surface area contributed by atoms with E-state index in [2.05, 4.69) is 28.1 Å². The molecule has 24 heavy (non-hydrogen) atoms. The Morgan fingerprint density at radius 1 is 1.12 bits per heavy atom. The highest BCUT2D eigenvalue weighted by Crippen LogP contribution is 2.62. The molecule has 130 valence electrons. The second kappa shape index (κ2) is 5.23. The summed E-state index contributed by atoms with van der Waals surface area (Å²) < 4.78 is 6.77. The van der Waals surface area contributed by atoms with Gasteiger partial charge in [-0.2, -0.15) is 0 Å². The second-order valence-corrected chi connectivity index (χ2v) is 9.92. The third-order valence-electron chi connectivity index (χ3n) is 6.12. The maximum Gasteiger partial charge on any atom is 0.414 e. The van der Waals surface area contributed by atoms with E-state index in [9.17, 15) is 4.79 Å². The van der Waals surface area contributed by atoms with Crippen molar-refractivity contribution in [3.05, 3.63) is 28.2 Å². The number of fused-ring (bicyclic) bond motifs is 2. The Morgan fingerprint density at radius 2 is 1.75 bits per heavy atom. The zero-order valence-corrected chi connectivity index (χ0v) is 16.4. The zero-order chi connectivity index (χ0) is 17.2. The Kier molecular flexibility index (Phi) is 3.58. The molecule has 1 aromatic carbocycles. The van der Waals surface area contributed by atoms with Crippen molar-refractivity contribution >= 4 is 27.7 Å². The van der Waals surface area contributed by atoms with Crippen LogP contribution in [-0.4, -0.2) is 18.2 Å². The van der Waals surface area contributed by atoms with Gasteiger partial charge < -0.3 is 4.74 Å². The van der Waals surface area contributed by atoms with Crippen LogP contribution in [0.3, 0.4) is 0 Å². The minimum Gasteiger partial charge on any atom is -0.443 e. The Morgan fingerprint density at radius 3 is 2.33 bits per heavy atom. The van der Waals surface area contributed by atoms with Crippen LogP contribution < -0.4 is 4.90 Å². The van der Waals surface area contributed by atoms with Gasteiger partial charge in [0.15, 0.2) is 0 Å². The van der Waals surface area contributed by atoms with E-state index in [0.29, 0.717) is 5.41 Å². The van der Waals surface area contributed by atoms with Crippen molar-refractivity contribution in [1.29, 1.82) is 0 Å². The number of amides is 1. The lowest BCUT2D eigenvalue weighted by Gasteiger charge is -2.38. The lowest BCUT2D eigenvalue weighted by Crippen LogP contribution is -2.42. The molecule has 4 rings (SSSR count). The van der Waals surface area contributed by atoms with E-state index in [-0.39, 0.29) is 11.5 Å². The standard InChI is InChI=1S/C20H26BrNO2/c1-18(2,3)24-17(23)22-13-20(10-8-19(6-7-19)9-11-20)15-12-14(21)4-5-16(15)22/h4-5,12H,6-11,13H2,1-3H3. The molecule has 0 radical (unpaired) electrons. The SMILES string of the molecule is CC(C)(C)OC(=O)N1CC2(CCC3(CC3)CC2)c2cc(Br)ccc21. The highest BCUT2D eigenvalue weighted by Gasteiger charge is 2.53. The Balaban J connectivity index is 1.66. The van der Waals surface area contributed by atoms with E-state index < -0.39 is 5.60 Å². The number of halogens is 1. The van der Waals surface area contributed by atoms with Crippen LogP contribution in [0.15, 0.2) is 22.7 Å². The van der Waals surface area contributed by atoms with Gasteiger partial charge in [-0.1, -0.05) is 15.9 Å². The normalized spacial score (nSPS) is 23.4. The fourth-order valence-corrected chi connectivity index (χ4v) is 4.85. The first kappa shape index (κ1) is 16.4. The van der Waals surface area contributed by atoms with Gasteiger partial charge >= 0.3 is 6.09 Å². The van der Waals surface area contributed by atoms with Crippen molar-refractivity contribution in [3.63, 3.8) is 0 Å². The van der Waals surface area contributed by atoms with E-state index in [1.807, 2.05) is 31.7 Å². The number of hydrogen-bond acceptors (Lipinski definition) is 2. The van der Waals surface area contributed by atoms with Crippen LogP contribution in [0.1, 0.15) is 64.9 Å². The molecule has 0 N–H and O–H groups in total. The predicted molar refractivity (Wildman–Crippen MR) is 99.5 cm³/mol. The van der Waals surface area contributed by atoms with Gasteiger partial charge in [-0.15, -0.1) is 0 Å². The molecule has 4 heteroatoms. The van der Waals surface area contributed by atoms with Crippen molar-refractivity contribution in [1.82, 2.24) is 0 Å². The molecule has 0 unspecified atom stereocenters. The number of ether oxygens (including phenoxy) is 1. The summed E-state index contributed by atoms with van der Waals surface area (Å²) in [5.41, 5.74) is 2.67. The quantitative estimate of drug-likeness (QED) is 0.559. The van der Waals surface area contributed by atoms with Crippen molar-refractivity contribution in [2.45, 2.75) is 70.3 Å². The molecule has 3 aliphatic rings. The van der Waals surface area contributed by atoms with E-state index >= 15 is 0 Å². The largest absolute Gasteiger partial charge is 0.443 e. The van der Waals surface area contributed by atoms with E-state index in [1.165, 1.54) is 44.1 Å². The number of benzene rings is 1. The van der Waals surface area contributed by atoms with Gasteiger partial charge in [0.25, 0.3) is 0 Å². The molecule has 0 bridgehead atoms. The average Bonchev–Trinajstić information content (AvgIpc) is 3.18. The molecule has 1 aliphatic heterocycles. The topological polar surface area (TPSA) is 29.5 Å². The Labute approximate surface area is 152 Å². The maximum absolute atomic E-state index is 12.8. The summed E-state index contributed by atoms with van der Waals surface area (Å²) in [4.78, 5) is 14.6. The number of nitrogens with zero attached hydrogens (tertiary/aromatic N) is 1. The van der Waals surface area contributed by atoms with E-state index in [0.717, 1.165) is 16.7 Å². The summed E-state index contributed by atoms with van der Waals surface area (Å²) in [5, 5.41) is 0. The van der Waals surface area contributed by atoms with Crippen LogP contribution in [0.4, 0.5) is 10.5 Å². The number of rotatable bonds is 0. The van der Waals surface area contributed by atoms with Crippen LogP contribution in [0.2, 0.25) is 0 Å². The Hall–Kier alpha value is -1.03. The minimum absolute atomic E-state index is 0.115. The summed E-state index contributed by atoms with van der Waals surface area (Å²) in [6.45, 7) is 6.55. The molecule has 1 aromatic rings. The third-order valence-corrected chi connectivity index (χ3v) is 6.61. The van der Waals surface area contributed by atoms with Gasteiger partial charge in [-0.05, 0) is 88.5 Å². The maximum atomic E-state index is 12.8. The molecule has 0 atom stereocenters. The number of carbonyl (C=O) groups is 1. The van der Waals surface area contributed by atoms with E-state index in [4.69, 9.17) is 4.74 Å². The lowest BCUT2D eigenvalue weighted by molar-refractivity contribution is 0.0573. The molecule has 2 spiro atoms. The van der Waals surface area contributed by atoms with Crippen molar-refractivity contribution in [2.75, 3.05) is 11.4 Å². The summed E-state index contributed by atoms with van der Waals surface area (Å²) in [7, 11) is 0. The highest BCUT2D eigenvalue weighted by molar-refractivity contribution is 9.10. The van der Waals surface area contributed by atoms with Crippen LogP contribution in [0.5, 0.6) is 0 Å². The molecule has 1 amide bonds. The van der Waals surface area contributed by atoms with Crippen molar-refractivity contribution < 1.29 is 9.53 Å². The molecule has 2 saturated carbocycles. The van der Waals surface area contributed by atoms with Gasteiger partial charge in [0.1, 0.15) is 5.60 Å². The number of anilines is 1. The zero-order valence-electron chi connectivity index (χ0n) is 14.8. The van der Waals surface area contributed by atoms with Gasteiger partial charge in [-0.3, -0.25) is 4.90 Å². The van der Waals surface area contributed by atoms with Crippen LogP contribution in [0.25, 0.3) is 0 Å². The average molecular weight is 392 g/mol. The first-order valence-corrected chi connectivity index (χ1v) is 9.82. The molecule has 2 fully saturated rings. The predicted octanol–water partition coefficient (Wildman–Crippen LogP) is 5.80. The fourth-order valence-electron chi connectivity index (χ4n) is 4.48. The summed E-state index contributed by atoms with van der Waals surface area (Å²) in [6.07, 6.45) is 7.59. The smallest absolute Gasteiger partial charge is 0.414 e. The molecule has 0 saturated heterocycles. The molecule has 2 aliphatic carbocycles. The second-order valence-electron chi connectivity index (χ2n) is 9.01. The first-order chi connectivity index (χ1) is 11.2. The van der Waals surface area contributed by atoms with Crippen LogP contribution in [-0.2, 0) is 10.2 Å². The monoisotopic (exact) mass is 391 g/mol. The van der Waals surface area contributed by atoms with Gasteiger partial charge in [-0.25, -0.2) is 4.79 Å². The molecular formula is C20H26BrNO2. The number of carbonyl (C=O) groups excluding carboxylic acids is 1. The summed E-state index contributed by atoms with van der Waals surface area (Å²) in [5.74, 6) is 0.